The van der Waals surface area contributed by atoms with Crippen molar-refractivity contribution in [3.8, 4) is 0 Å². The van der Waals surface area contributed by atoms with Crippen LogP contribution in [0.4, 0.5) is 5.82 Å². The minimum atomic E-state index is -3.71. The highest BCUT2D eigenvalue weighted by atomic mass is 35.5. The van der Waals surface area contributed by atoms with E-state index >= 15 is 0 Å². The van der Waals surface area contributed by atoms with Gasteiger partial charge in [0.25, 0.3) is 0 Å². The van der Waals surface area contributed by atoms with Gasteiger partial charge in [0, 0.05) is 41.3 Å². The van der Waals surface area contributed by atoms with E-state index in [1.54, 1.807) is 18.2 Å². The van der Waals surface area contributed by atoms with Gasteiger partial charge in [-0.15, -0.1) is 11.3 Å². The molecule has 1 aliphatic heterocycles. The predicted molar refractivity (Wildman–Crippen MR) is 132 cm³/mol. The number of rotatable bonds is 7. The Kier molecular flexibility index (Phi) is 7.10. The highest BCUT2D eigenvalue weighted by molar-refractivity contribution is 7.92. The molecule has 0 radical (unpaired) electrons. The molecule has 2 aromatic heterocycles. The molecule has 0 saturated carbocycles. The Morgan fingerprint density at radius 1 is 1.24 bits per heavy atom. The number of piperazine rings is 1. The quantitative estimate of drug-likeness (QED) is 0.490. The normalized spacial score (nSPS) is 20.5. The number of hydrogen-bond donors (Lipinski definition) is 1. The van der Waals surface area contributed by atoms with Crippen LogP contribution in [0.5, 0.6) is 0 Å². The van der Waals surface area contributed by atoms with Crippen LogP contribution >= 0.6 is 22.9 Å². The first-order valence-electron chi connectivity index (χ1n) is 10.5. The van der Waals surface area contributed by atoms with Gasteiger partial charge in [-0.05, 0) is 42.3 Å². The molecule has 0 bridgehead atoms. The lowest BCUT2D eigenvalue weighted by molar-refractivity contribution is -0.116. The van der Waals surface area contributed by atoms with Crippen molar-refractivity contribution >= 4 is 62.0 Å². The molecule has 4 rings (SSSR count). The zero-order valence-corrected chi connectivity index (χ0v) is 20.4. The molecule has 1 aromatic carbocycles. The van der Waals surface area contributed by atoms with E-state index in [0.717, 1.165) is 27.6 Å². The summed E-state index contributed by atoms with van der Waals surface area (Å²) in [6.45, 7) is 3.12. The topological polar surface area (TPSA) is 109 Å². The highest BCUT2D eigenvalue weighted by Gasteiger charge is 2.40. The SMILES string of the molecule is CC[C@H]1C(C=O)N(Cc2ccc3c(N)ncnc3c2)CCN1S(=O)(=O)C=Cc1ccc(Cl)s1. The lowest BCUT2D eigenvalue weighted by Crippen LogP contribution is -2.60. The molecule has 0 spiro atoms. The van der Waals surface area contributed by atoms with E-state index in [0.29, 0.717) is 36.2 Å². The van der Waals surface area contributed by atoms with Gasteiger partial charge in [0.15, 0.2) is 0 Å². The average Bonchev–Trinajstić information content (AvgIpc) is 3.22. The lowest BCUT2D eigenvalue weighted by atomic mass is 10.0. The summed E-state index contributed by atoms with van der Waals surface area (Å²) in [5, 5.41) is 1.97. The molecule has 1 fully saturated rings. The number of thiophene rings is 1. The Morgan fingerprint density at radius 2 is 2.06 bits per heavy atom. The molecule has 0 amide bonds. The minimum Gasteiger partial charge on any atom is -0.383 e. The van der Waals surface area contributed by atoms with Gasteiger partial charge in [-0.3, -0.25) is 4.90 Å². The third-order valence-corrected chi connectivity index (χ3v) is 8.58. The number of carbonyl (C=O) groups is 1. The summed E-state index contributed by atoms with van der Waals surface area (Å²) in [5.41, 5.74) is 7.60. The van der Waals surface area contributed by atoms with E-state index in [1.807, 2.05) is 30.0 Å². The molecular formula is C22H24ClN5O3S2. The van der Waals surface area contributed by atoms with Crippen molar-refractivity contribution in [2.75, 3.05) is 18.8 Å². The van der Waals surface area contributed by atoms with Crippen LogP contribution in [-0.2, 0) is 21.4 Å². The summed E-state index contributed by atoms with van der Waals surface area (Å²) in [4.78, 5) is 23.2. The third-order valence-electron chi connectivity index (χ3n) is 5.79. The lowest BCUT2D eigenvalue weighted by Gasteiger charge is -2.44. The van der Waals surface area contributed by atoms with Crippen LogP contribution in [0, 0.1) is 0 Å². The Hall–Kier alpha value is -2.37. The Bertz CT molecular complexity index is 1290. The summed E-state index contributed by atoms with van der Waals surface area (Å²) in [6, 6.07) is 8.20. The van der Waals surface area contributed by atoms with Crippen molar-refractivity contribution < 1.29 is 13.2 Å². The largest absolute Gasteiger partial charge is 0.383 e. The van der Waals surface area contributed by atoms with Crippen LogP contribution in [0.2, 0.25) is 4.34 Å². The molecule has 1 saturated heterocycles. The number of aromatic nitrogens is 2. The summed E-state index contributed by atoms with van der Waals surface area (Å²) < 4.78 is 28.2. The average molecular weight is 506 g/mol. The maximum Gasteiger partial charge on any atom is 0.236 e. The zero-order chi connectivity index (χ0) is 23.6. The standard InChI is InChI=1S/C22H24ClN5O3S2/c1-2-19-20(13-29)27(12-15-3-5-17-18(11-15)25-14-26-22(17)24)8-9-28(19)33(30,31)10-7-16-4-6-21(23)32-16/h3-7,10-11,13-14,19-20H,2,8-9,12H2,1H3,(H2,24,25,26)/t19-,20?/m0/s1. The highest BCUT2D eigenvalue weighted by Crippen LogP contribution is 2.27. The second kappa shape index (κ2) is 9.86. The van der Waals surface area contributed by atoms with Crippen LogP contribution in [0.3, 0.4) is 0 Å². The second-order valence-corrected chi connectivity index (χ2v) is 11.3. The number of hydrogen-bond acceptors (Lipinski definition) is 8. The number of nitrogens with two attached hydrogens (primary N) is 1. The third kappa shape index (κ3) is 5.10. The molecule has 33 heavy (non-hydrogen) atoms. The Morgan fingerprint density at radius 3 is 2.76 bits per heavy atom. The number of aldehydes is 1. The molecule has 0 aliphatic carbocycles. The van der Waals surface area contributed by atoms with Gasteiger partial charge in [-0.1, -0.05) is 24.6 Å². The fourth-order valence-electron chi connectivity index (χ4n) is 4.18. The number of sulfonamides is 1. The van der Waals surface area contributed by atoms with Gasteiger partial charge in [0.2, 0.25) is 10.0 Å². The summed E-state index contributed by atoms with van der Waals surface area (Å²) in [7, 11) is -3.71. The van der Waals surface area contributed by atoms with Crippen molar-refractivity contribution in [1.29, 1.82) is 0 Å². The molecule has 1 unspecified atom stereocenters. The van der Waals surface area contributed by atoms with Crippen molar-refractivity contribution in [1.82, 2.24) is 19.2 Å². The van der Waals surface area contributed by atoms with Crippen LogP contribution in [0.25, 0.3) is 17.0 Å². The van der Waals surface area contributed by atoms with Crippen LogP contribution in [0.15, 0.2) is 42.1 Å². The first kappa shape index (κ1) is 23.8. The van der Waals surface area contributed by atoms with Gasteiger partial charge in [0.05, 0.1) is 15.9 Å². The number of nitrogens with zero attached hydrogens (tertiary/aromatic N) is 4. The fraction of sp³-hybridized carbons (Fsp3) is 0.318. The Balaban J connectivity index is 1.54. The van der Waals surface area contributed by atoms with Crippen molar-refractivity contribution in [2.24, 2.45) is 0 Å². The van der Waals surface area contributed by atoms with Gasteiger partial charge < -0.3 is 10.5 Å². The van der Waals surface area contributed by atoms with E-state index in [9.17, 15) is 13.2 Å². The summed E-state index contributed by atoms with van der Waals surface area (Å²) >= 11 is 7.24. The molecular weight excluding hydrogens is 482 g/mol. The zero-order valence-electron chi connectivity index (χ0n) is 18.0. The van der Waals surface area contributed by atoms with E-state index in [4.69, 9.17) is 17.3 Å². The van der Waals surface area contributed by atoms with Crippen LogP contribution in [0.1, 0.15) is 23.8 Å². The number of fused-ring (bicyclic) bond motifs is 1. The molecule has 2 atom stereocenters. The molecule has 3 heterocycles. The first-order chi connectivity index (χ1) is 15.8. The van der Waals surface area contributed by atoms with E-state index in [1.165, 1.54) is 27.4 Å². The summed E-state index contributed by atoms with van der Waals surface area (Å²) in [6.07, 6.45) is 4.33. The van der Waals surface area contributed by atoms with Gasteiger partial charge in [-0.2, -0.15) is 4.31 Å². The van der Waals surface area contributed by atoms with Crippen LogP contribution < -0.4 is 5.73 Å². The van der Waals surface area contributed by atoms with Crippen molar-refractivity contribution in [2.45, 2.75) is 32.0 Å². The van der Waals surface area contributed by atoms with Crippen molar-refractivity contribution in [3.05, 3.63) is 56.8 Å². The molecule has 2 N–H and O–H groups in total. The predicted octanol–water partition coefficient (Wildman–Crippen LogP) is 3.39. The fourth-order valence-corrected chi connectivity index (χ4v) is 6.70. The van der Waals surface area contributed by atoms with Gasteiger partial charge >= 0.3 is 0 Å². The maximum atomic E-state index is 13.1. The number of halogens is 1. The van der Waals surface area contributed by atoms with Gasteiger partial charge in [0.1, 0.15) is 18.4 Å². The molecule has 1 aliphatic rings. The molecule has 174 valence electrons. The van der Waals surface area contributed by atoms with E-state index in [2.05, 4.69) is 9.97 Å². The monoisotopic (exact) mass is 505 g/mol. The number of nitrogen functional groups attached to an aromatic ring is 1. The molecule has 3 aromatic rings. The second-order valence-electron chi connectivity index (χ2n) is 7.78. The summed E-state index contributed by atoms with van der Waals surface area (Å²) in [5.74, 6) is 0.417. The minimum absolute atomic E-state index is 0.295. The smallest absolute Gasteiger partial charge is 0.236 e. The van der Waals surface area contributed by atoms with E-state index < -0.39 is 22.1 Å². The Labute approximate surface area is 201 Å². The number of anilines is 1. The number of benzene rings is 1. The van der Waals surface area contributed by atoms with E-state index in [-0.39, 0.29) is 0 Å². The van der Waals surface area contributed by atoms with Crippen molar-refractivity contribution in [3.63, 3.8) is 0 Å². The first-order valence-corrected chi connectivity index (χ1v) is 13.2. The van der Waals surface area contributed by atoms with Gasteiger partial charge in [-0.25, -0.2) is 18.4 Å². The molecule has 8 nitrogen and oxygen atoms in total. The molecule has 11 heteroatoms. The van der Waals surface area contributed by atoms with Crippen LogP contribution in [-0.4, -0.2) is 59.1 Å². The maximum absolute atomic E-state index is 13.1. The number of carbonyl (C=O) groups excluding carboxylic acids is 1.